The molecule has 0 aliphatic carbocycles. The lowest BCUT2D eigenvalue weighted by atomic mass is 10.3. The van der Waals surface area contributed by atoms with E-state index in [4.69, 9.17) is 0 Å². The monoisotopic (exact) mass is 241 g/mol. The molecule has 0 amide bonds. The number of likely N-dealkylation sites (N-methyl/N-ethyl adjacent to an activating group) is 1. The first-order chi connectivity index (χ1) is 8.15. The molecule has 0 spiro atoms. The highest BCUT2D eigenvalue weighted by Crippen LogP contribution is 1.93. The van der Waals surface area contributed by atoms with Crippen LogP contribution in [-0.2, 0) is 0 Å². The molecule has 17 heavy (non-hydrogen) atoms. The highest BCUT2D eigenvalue weighted by atomic mass is 15.1. The zero-order chi connectivity index (χ0) is 13.5. The van der Waals surface area contributed by atoms with Gasteiger partial charge < -0.3 is 15.5 Å². The van der Waals surface area contributed by atoms with E-state index in [1.807, 2.05) is 14.1 Å². The van der Waals surface area contributed by atoms with E-state index in [1.54, 1.807) is 0 Å². The normalized spacial score (nSPS) is 11.6. The predicted octanol–water partition coefficient (Wildman–Crippen LogP) is 2.23. The zero-order valence-corrected chi connectivity index (χ0v) is 12.5. The van der Waals surface area contributed by atoms with E-state index in [0.29, 0.717) is 0 Å². The van der Waals surface area contributed by atoms with Crippen LogP contribution in [0.15, 0.2) is 23.9 Å². The molecule has 0 rings (SSSR count). The van der Waals surface area contributed by atoms with E-state index in [0.717, 1.165) is 26.1 Å². The molecule has 0 heterocycles. The van der Waals surface area contributed by atoms with Gasteiger partial charge in [-0.25, -0.2) is 0 Å². The van der Waals surface area contributed by atoms with E-state index in [2.05, 4.69) is 61.6 Å². The fourth-order valence-electron chi connectivity index (χ4n) is 1.05. The standard InChI is InChI=1S/C12H24N2.C2H7N/c1-5-8-9-12(6-2)13-10-11-14(4)7-3;1-3-2/h6,8-9,13H,5,7,10-11H2,1-4H3;3H,1-2H3/b9-8-,12-6+;. The predicted molar refractivity (Wildman–Crippen MR) is 79.3 cm³/mol. The number of nitrogens with zero attached hydrogens (tertiary/aromatic N) is 1. The average molecular weight is 241 g/mol. The van der Waals surface area contributed by atoms with Crippen molar-refractivity contribution >= 4 is 0 Å². The minimum Gasteiger partial charge on any atom is -0.384 e. The second-order valence-corrected chi connectivity index (χ2v) is 3.88. The summed E-state index contributed by atoms with van der Waals surface area (Å²) in [5.41, 5.74) is 1.22. The summed E-state index contributed by atoms with van der Waals surface area (Å²) in [6, 6.07) is 0. The zero-order valence-electron chi connectivity index (χ0n) is 12.5. The van der Waals surface area contributed by atoms with Gasteiger partial charge in [0.05, 0.1) is 0 Å². The Morgan fingerprint density at radius 3 is 2.24 bits per heavy atom. The van der Waals surface area contributed by atoms with Crippen LogP contribution in [0.1, 0.15) is 27.2 Å². The van der Waals surface area contributed by atoms with Gasteiger partial charge in [-0.15, -0.1) is 0 Å². The van der Waals surface area contributed by atoms with Crippen LogP contribution < -0.4 is 10.6 Å². The third-order valence-electron chi connectivity index (χ3n) is 2.21. The second kappa shape index (κ2) is 15.2. The molecule has 2 N–H and O–H groups in total. The van der Waals surface area contributed by atoms with E-state index in [-0.39, 0.29) is 0 Å². The molecule has 0 unspecified atom stereocenters. The summed E-state index contributed by atoms with van der Waals surface area (Å²) in [5, 5.41) is 6.15. The van der Waals surface area contributed by atoms with Gasteiger partial charge in [-0.2, -0.15) is 0 Å². The van der Waals surface area contributed by atoms with Crippen molar-refractivity contribution in [2.75, 3.05) is 40.8 Å². The highest BCUT2D eigenvalue weighted by Gasteiger charge is 1.93. The van der Waals surface area contributed by atoms with Crippen molar-refractivity contribution in [1.82, 2.24) is 15.5 Å². The molecular formula is C14H31N3. The summed E-state index contributed by atoms with van der Waals surface area (Å²) in [6.07, 6.45) is 7.52. The molecule has 0 aromatic heterocycles. The minimum atomic E-state index is 1.01. The maximum Gasteiger partial charge on any atom is 0.0294 e. The summed E-state index contributed by atoms with van der Waals surface area (Å²) in [4.78, 5) is 2.30. The SMILES string of the molecule is C/C=C(\C=C/CC)NCCN(C)CC.CNC. The van der Waals surface area contributed by atoms with Crippen molar-refractivity contribution in [1.29, 1.82) is 0 Å². The van der Waals surface area contributed by atoms with E-state index in [9.17, 15) is 0 Å². The third kappa shape index (κ3) is 15.2. The lowest BCUT2D eigenvalue weighted by Gasteiger charge is -2.14. The number of allylic oxidation sites excluding steroid dienone is 3. The van der Waals surface area contributed by atoms with Crippen LogP contribution in [0.25, 0.3) is 0 Å². The van der Waals surface area contributed by atoms with Crippen LogP contribution in [-0.4, -0.2) is 45.7 Å². The lowest BCUT2D eigenvalue weighted by molar-refractivity contribution is 0.355. The van der Waals surface area contributed by atoms with Gasteiger partial charge >= 0.3 is 0 Å². The maximum absolute atomic E-state index is 3.40. The molecule has 102 valence electrons. The molecule has 0 aliphatic heterocycles. The molecule has 0 fully saturated rings. The summed E-state index contributed by atoms with van der Waals surface area (Å²) in [7, 11) is 5.89. The van der Waals surface area contributed by atoms with Crippen LogP contribution >= 0.6 is 0 Å². The van der Waals surface area contributed by atoms with Crippen LogP contribution in [0.2, 0.25) is 0 Å². The Bertz CT molecular complexity index is 198. The molecule has 0 bridgehead atoms. The molecule has 0 aromatic carbocycles. The van der Waals surface area contributed by atoms with Gasteiger partial charge in [0.2, 0.25) is 0 Å². The van der Waals surface area contributed by atoms with Gasteiger partial charge in [-0.1, -0.05) is 26.0 Å². The quantitative estimate of drug-likeness (QED) is 0.669. The Balaban J connectivity index is 0. The highest BCUT2D eigenvalue weighted by molar-refractivity contribution is 5.15. The van der Waals surface area contributed by atoms with Gasteiger partial charge in [-0.3, -0.25) is 0 Å². The van der Waals surface area contributed by atoms with Gasteiger partial charge in [0.15, 0.2) is 0 Å². The third-order valence-corrected chi connectivity index (χ3v) is 2.21. The lowest BCUT2D eigenvalue weighted by Crippen LogP contribution is -2.28. The fourth-order valence-corrected chi connectivity index (χ4v) is 1.05. The van der Waals surface area contributed by atoms with Gasteiger partial charge in [-0.05, 0) is 47.1 Å². The summed E-state index contributed by atoms with van der Waals surface area (Å²) in [6.45, 7) is 9.59. The van der Waals surface area contributed by atoms with Crippen molar-refractivity contribution in [3.63, 3.8) is 0 Å². The molecule has 3 nitrogen and oxygen atoms in total. The molecule has 3 heteroatoms. The first-order valence-electron chi connectivity index (χ1n) is 6.49. The smallest absolute Gasteiger partial charge is 0.0294 e. The molecule has 0 saturated carbocycles. The first kappa shape index (κ1) is 18.6. The number of hydrogen-bond acceptors (Lipinski definition) is 3. The Morgan fingerprint density at radius 2 is 1.82 bits per heavy atom. The largest absolute Gasteiger partial charge is 0.384 e. The molecule has 0 saturated heterocycles. The van der Waals surface area contributed by atoms with Crippen LogP contribution in [0.4, 0.5) is 0 Å². The van der Waals surface area contributed by atoms with E-state index < -0.39 is 0 Å². The Labute approximate surface area is 108 Å². The molecular weight excluding hydrogens is 210 g/mol. The van der Waals surface area contributed by atoms with E-state index in [1.165, 1.54) is 5.70 Å². The topological polar surface area (TPSA) is 27.3 Å². The van der Waals surface area contributed by atoms with Crippen LogP contribution in [0, 0.1) is 0 Å². The second-order valence-electron chi connectivity index (χ2n) is 3.88. The minimum absolute atomic E-state index is 1.01. The Morgan fingerprint density at radius 1 is 1.24 bits per heavy atom. The number of rotatable bonds is 7. The molecule has 0 aliphatic rings. The van der Waals surface area contributed by atoms with Crippen molar-refractivity contribution in [2.45, 2.75) is 27.2 Å². The van der Waals surface area contributed by atoms with Crippen molar-refractivity contribution in [3.05, 3.63) is 23.9 Å². The van der Waals surface area contributed by atoms with Gasteiger partial charge in [0, 0.05) is 18.8 Å². The van der Waals surface area contributed by atoms with Crippen molar-refractivity contribution < 1.29 is 0 Å². The molecule has 0 atom stereocenters. The summed E-state index contributed by atoms with van der Waals surface area (Å²) < 4.78 is 0. The number of hydrogen-bond donors (Lipinski definition) is 2. The number of nitrogens with one attached hydrogen (secondary N) is 2. The van der Waals surface area contributed by atoms with Crippen molar-refractivity contribution in [2.24, 2.45) is 0 Å². The van der Waals surface area contributed by atoms with Gasteiger partial charge in [0.25, 0.3) is 0 Å². The molecule has 0 aromatic rings. The first-order valence-corrected chi connectivity index (χ1v) is 6.49. The summed E-state index contributed by atoms with van der Waals surface area (Å²) in [5.74, 6) is 0. The molecule has 0 radical (unpaired) electrons. The fraction of sp³-hybridized carbons (Fsp3) is 0.714. The van der Waals surface area contributed by atoms with Crippen LogP contribution in [0.5, 0.6) is 0 Å². The average Bonchev–Trinajstić information content (AvgIpc) is 2.34. The van der Waals surface area contributed by atoms with E-state index >= 15 is 0 Å². The van der Waals surface area contributed by atoms with Gasteiger partial charge in [0.1, 0.15) is 0 Å². The Hall–Kier alpha value is -0.800. The Kier molecular flexibility index (Phi) is 16.6. The maximum atomic E-state index is 3.40. The van der Waals surface area contributed by atoms with Crippen LogP contribution in [0.3, 0.4) is 0 Å². The summed E-state index contributed by atoms with van der Waals surface area (Å²) >= 11 is 0. The van der Waals surface area contributed by atoms with Crippen molar-refractivity contribution in [3.8, 4) is 0 Å².